The lowest BCUT2D eigenvalue weighted by atomic mass is 10.2. The van der Waals surface area contributed by atoms with Gasteiger partial charge in [0.25, 0.3) is 5.56 Å². The number of nitrogens with zero attached hydrogens (tertiary/aromatic N) is 1. The molecule has 6 heteroatoms. The molecule has 0 radical (unpaired) electrons. The Morgan fingerprint density at radius 1 is 1.05 bits per heavy atom. The number of fused-ring (bicyclic) bond motifs is 1. The minimum Gasteiger partial charge on any atom is -0.375 e. The van der Waals surface area contributed by atoms with E-state index in [-0.39, 0.29) is 5.56 Å². The number of halogens is 2. The number of H-pyrrole nitrogens is 1. The molecule has 3 aromatic rings. The van der Waals surface area contributed by atoms with Gasteiger partial charge in [0.15, 0.2) is 0 Å². The van der Waals surface area contributed by atoms with E-state index in [9.17, 15) is 4.79 Å². The minimum absolute atomic E-state index is 0.164. The summed E-state index contributed by atoms with van der Waals surface area (Å²) in [6, 6.07) is 12.4. The van der Waals surface area contributed by atoms with Crippen LogP contribution >= 0.6 is 23.2 Å². The Hall–Kier alpha value is -2.04. The van der Waals surface area contributed by atoms with Gasteiger partial charge >= 0.3 is 0 Å². The van der Waals surface area contributed by atoms with Crippen LogP contribution in [-0.2, 0) is 6.54 Å². The van der Waals surface area contributed by atoms with Gasteiger partial charge in [0.05, 0.1) is 33.2 Å². The molecule has 4 nitrogen and oxygen atoms in total. The van der Waals surface area contributed by atoms with Crippen LogP contribution in [-0.4, -0.2) is 9.97 Å². The van der Waals surface area contributed by atoms with Gasteiger partial charge in [0.1, 0.15) is 5.82 Å². The molecule has 3 rings (SSSR count). The predicted octanol–water partition coefficient (Wildman–Crippen LogP) is 3.84. The van der Waals surface area contributed by atoms with E-state index in [0.29, 0.717) is 39.0 Å². The van der Waals surface area contributed by atoms with E-state index in [0.717, 1.165) is 0 Å². The zero-order chi connectivity index (χ0) is 14.8. The van der Waals surface area contributed by atoms with Crippen LogP contribution in [0.25, 0.3) is 10.9 Å². The third-order valence-corrected chi connectivity index (χ3v) is 3.69. The number of nitrogens with one attached hydrogen (secondary N) is 2. The van der Waals surface area contributed by atoms with Crippen LogP contribution in [0.5, 0.6) is 0 Å². The first-order valence-electron chi connectivity index (χ1n) is 6.31. The second-order valence-electron chi connectivity index (χ2n) is 4.48. The zero-order valence-electron chi connectivity index (χ0n) is 10.9. The van der Waals surface area contributed by atoms with E-state index in [1.807, 2.05) is 6.07 Å². The lowest BCUT2D eigenvalue weighted by Crippen LogP contribution is -2.14. The number of para-hydroxylation sites is 2. The van der Waals surface area contributed by atoms with E-state index < -0.39 is 0 Å². The van der Waals surface area contributed by atoms with Crippen molar-refractivity contribution in [1.29, 1.82) is 0 Å². The number of hydrogen-bond donors (Lipinski definition) is 2. The molecule has 106 valence electrons. The van der Waals surface area contributed by atoms with Crippen molar-refractivity contribution in [2.75, 3.05) is 5.32 Å². The van der Waals surface area contributed by atoms with Gasteiger partial charge in [0.2, 0.25) is 0 Å². The molecule has 21 heavy (non-hydrogen) atoms. The maximum atomic E-state index is 12.0. The third kappa shape index (κ3) is 2.86. The van der Waals surface area contributed by atoms with Gasteiger partial charge in [-0.2, -0.15) is 0 Å². The molecular formula is C15H11Cl2N3O. The van der Waals surface area contributed by atoms with Gasteiger partial charge in [-0.1, -0.05) is 41.4 Å². The van der Waals surface area contributed by atoms with E-state index in [2.05, 4.69) is 15.3 Å². The van der Waals surface area contributed by atoms with Crippen molar-refractivity contribution in [3.63, 3.8) is 0 Å². The first kappa shape index (κ1) is 13.9. The smallest absolute Gasteiger partial charge is 0.258 e. The fourth-order valence-electron chi connectivity index (χ4n) is 2.06. The average Bonchev–Trinajstić information content (AvgIpc) is 2.47. The Kier molecular flexibility index (Phi) is 3.82. The number of hydrogen-bond acceptors (Lipinski definition) is 3. The highest BCUT2D eigenvalue weighted by atomic mass is 35.5. The molecule has 2 aromatic carbocycles. The molecule has 0 saturated carbocycles. The number of aromatic amines is 1. The van der Waals surface area contributed by atoms with Crippen molar-refractivity contribution < 1.29 is 0 Å². The molecule has 0 atom stereocenters. The Morgan fingerprint density at radius 3 is 2.52 bits per heavy atom. The number of anilines is 1. The van der Waals surface area contributed by atoms with Crippen molar-refractivity contribution in [1.82, 2.24) is 9.97 Å². The third-order valence-electron chi connectivity index (χ3n) is 3.06. The number of benzene rings is 2. The maximum Gasteiger partial charge on any atom is 0.258 e. The normalized spacial score (nSPS) is 10.8. The predicted molar refractivity (Wildman–Crippen MR) is 86.2 cm³/mol. The zero-order valence-corrected chi connectivity index (χ0v) is 12.4. The SMILES string of the molecule is O=c1[nH]c(CNc2c(Cl)cccc2Cl)nc2ccccc12. The summed E-state index contributed by atoms with van der Waals surface area (Å²) in [5, 5.41) is 4.70. The van der Waals surface area contributed by atoms with Crippen LogP contribution in [0.1, 0.15) is 5.82 Å². The minimum atomic E-state index is -0.164. The largest absolute Gasteiger partial charge is 0.375 e. The first-order chi connectivity index (χ1) is 10.1. The van der Waals surface area contributed by atoms with Crippen LogP contribution in [0.15, 0.2) is 47.3 Å². The van der Waals surface area contributed by atoms with Crippen molar-refractivity contribution in [2.24, 2.45) is 0 Å². The van der Waals surface area contributed by atoms with Crippen LogP contribution in [0.2, 0.25) is 10.0 Å². The number of rotatable bonds is 3. The van der Waals surface area contributed by atoms with Crippen molar-refractivity contribution in [2.45, 2.75) is 6.54 Å². The summed E-state index contributed by atoms with van der Waals surface area (Å²) in [6.45, 7) is 0.323. The lowest BCUT2D eigenvalue weighted by Gasteiger charge is -2.10. The van der Waals surface area contributed by atoms with Gasteiger partial charge in [-0.15, -0.1) is 0 Å². The Labute approximate surface area is 130 Å². The summed E-state index contributed by atoms with van der Waals surface area (Å²) in [5.74, 6) is 0.523. The average molecular weight is 320 g/mol. The van der Waals surface area contributed by atoms with Gasteiger partial charge < -0.3 is 10.3 Å². The van der Waals surface area contributed by atoms with Crippen LogP contribution < -0.4 is 10.9 Å². The van der Waals surface area contributed by atoms with Crippen LogP contribution in [0, 0.1) is 0 Å². The summed E-state index contributed by atoms with van der Waals surface area (Å²) >= 11 is 12.2. The van der Waals surface area contributed by atoms with Crippen molar-refractivity contribution in [3.8, 4) is 0 Å². The molecule has 0 aliphatic heterocycles. The van der Waals surface area contributed by atoms with Gasteiger partial charge in [-0.05, 0) is 24.3 Å². The molecule has 0 unspecified atom stereocenters. The Balaban J connectivity index is 1.91. The second-order valence-corrected chi connectivity index (χ2v) is 5.29. The van der Waals surface area contributed by atoms with E-state index in [1.54, 1.807) is 36.4 Å². The van der Waals surface area contributed by atoms with E-state index >= 15 is 0 Å². The van der Waals surface area contributed by atoms with Crippen molar-refractivity contribution in [3.05, 3.63) is 68.7 Å². The fraction of sp³-hybridized carbons (Fsp3) is 0.0667. The molecule has 0 fully saturated rings. The lowest BCUT2D eigenvalue weighted by molar-refractivity contribution is 0.953. The molecule has 1 aromatic heterocycles. The Bertz CT molecular complexity index is 841. The summed E-state index contributed by atoms with van der Waals surface area (Å²) < 4.78 is 0. The molecule has 0 spiro atoms. The van der Waals surface area contributed by atoms with Crippen LogP contribution in [0.3, 0.4) is 0 Å². The van der Waals surface area contributed by atoms with Gasteiger partial charge in [-0.25, -0.2) is 4.98 Å². The number of aromatic nitrogens is 2. The highest BCUT2D eigenvalue weighted by molar-refractivity contribution is 6.39. The van der Waals surface area contributed by atoms with Crippen LogP contribution in [0.4, 0.5) is 5.69 Å². The molecule has 0 bridgehead atoms. The summed E-state index contributed by atoms with van der Waals surface area (Å²) in [7, 11) is 0. The highest BCUT2D eigenvalue weighted by Gasteiger charge is 2.07. The first-order valence-corrected chi connectivity index (χ1v) is 7.06. The maximum absolute atomic E-state index is 12.0. The van der Waals surface area contributed by atoms with E-state index in [4.69, 9.17) is 23.2 Å². The fourth-order valence-corrected chi connectivity index (χ4v) is 2.59. The highest BCUT2D eigenvalue weighted by Crippen LogP contribution is 2.29. The van der Waals surface area contributed by atoms with Crippen molar-refractivity contribution >= 4 is 39.8 Å². The quantitative estimate of drug-likeness (QED) is 0.771. The molecule has 0 saturated heterocycles. The molecular weight excluding hydrogens is 309 g/mol. The monoisotopic (exact) mass is 319 g/mol. The topological polar surface area (TPSA) is 57.8 Å². The molecule has 0 amide bonds. The van der Waals surface area contributed by atoms with Gasteiger partial charge in [0, 0.05) is 0 Å². The Morgan fingerprint density at radius 2 is 1.76 bits per heavy atom. The summed E-state index contributed by atoms with van der Waals surface area (Å²) in [4.78, 5) is 19.1. The van der Waals surface area contributed by atoms with E-state index in [1.165, 1.54) is 0 Å². The molecule has 2 N–H and O–H groups in total. The molecule has 1 heterocycles. The van der Waals surface area contributed by atoms with Gasteiger partial charge in [-0.3, -0.25) is 4.79 Å². The standard InChI is InChI=1S/C15H11Cl2N3O/c16-10-5-3-6-11(17)14(10)18-8-13-19-12-7-2-1-4-9(12)15(21)20-13/h1-7,18H,8H2,(H,19,20,21). The molecule has 0 aliphatic rings. The molecule has 0 aliphatic carbocycles. The second kappa shape index (κ2) is 5.76. The summed E-state index contributed by atoms with van der Waals surface area (Å²) in [5.41, 5.74) is 1.11. The summed E-state index contributed by atoms with van der Waals surface area (Å²) in [6.07, 6.45) is 0.